The molecule has 3 aromatic rings. The fourth-order valence-electron chi connectivity index (χ4n) is 3.39. The van der Waals surface area contributed by atoms with E-state index in [9.17, 15) is 4.79 Å². The van der Waals surface area contributed by atoms with Gasteiger partial charge in [-0.05, 0) is 37.4 Å². The second-order valence-electron chi connectivity index (χ2n) is 7.47. The zero-order chi connectivity index (χ0) is 19.3. The molecule has 0 bridgehead atoms. The van der Waals surface area contributed by atoms with E-state index in [4.69, 9.17) is 0 Å². The number of rotatable bonds is 6. The minimum absolute atomic E-state index is 0.174. The summed E-state index contributed by atoms with van der Waals surface area (Å²) in [6.45, 7) is 6.07. The van der Waals surface area contributed by atoms with E-state index in [-0.39, 0.29) is 5.91 Å². The first kappa shape index (κ1) is 18.8. The van der Waals surface area contributed by atoms with Crippen LogP contribution in [0, 0.1) is 5.92 Å². The number of nitrogens with one attached hydrogen (secondary N) is 1. The summed E-state index contributed by atoms with van der Waals surface area (Å²) in [5.74, 6) is 0.649. The zero-order valence-corrected chi connectivity index (χ0v) is 16.9. The monoisotopic (exact) mass is 395 g/mol. The summed E-state index contributed by atoms with van der Waals surface area (Å²) in [5, 5.41) is 9.87. The maximum absolute atomic E-state index is 12.5. The summed E-state index contributed by atoms with van der Waals surface area (Å²) in [6, 6.07) is 10.1. The molecule has 0 aliphatic carbocycles. The van der Waals surface area contributed by atoms with Gasteiger partial charge in [-0.3, -0.25) is 19.7 Å². The number of thiazole rings is 1. The Morgan fingerprint density at radius 1 is 1.21 bits per heavy atom. The van der Waals surface area contributed by atoms with Crippen molar-refractivity contribution in [2.45, 2.75) is 32.9 Å². The van der Waals surface area contributed by atoms with Crippen molar-refractivity contribution >= 4 is 22.4 Å². The van der Waals surface area contributed by atoms with Crippen molar-refractivity contribution in [3.8, 4) is 0 Å². The Bertz CT molecular complexity index is 912. The van der Waals surface area contributed by atoms with Crippen LogP contribution in [-0.4, -0.2) is 38.7 Å². The summed E-state index contributed by atoms with van der Waals surface area (Å²) in [6.07, 6.45) is 5.87. The van der Waals surface area contributed by atoms with E-state index >= 15 is 0 Å². The van der Waals surface area contributed by atoms with Crippen LogP contribution in [0.1, 0.15) is 41.4 Å². The SMILES string of the molecule is CC1CCN(Cc2csc(NC(=O)c3cnn(Cc4ccccc4)c3)n2)CC1. The highest BCUT2D eigenvalue weighted by atomic mass is 32.1. The number of hydrogen-bond acceptors (Lipinski definition) is 5. The van der Waals surface area contributed by atoms with Gasteiger partial charge in [-0.15, -0.1) is 11.3 Å². The maximum Gasteiger partial charge on any atom is 0.260 e. The van der Waals surface area contributed by atoms with Crippen LogP contribution in [-0.2, 0) is 13.1 Å². The smallest absolute Gasteiger partial charge is 0.260 e. The van der Waals surface area contributed by atoms with Crippen LogP contribution < -0.4 is 5.32 Å². The molecule has 1 aromatic carbocycles. The molecule has 7 heteroatoms. The Labute approximate surface area is 169 Å². The van der Waals surface area contributed by atoms with Crippen molar-refractivity contribution in [3.63, 3.8) is 0 Å². The molecule has 0 saturated carbocycles. The number of carbonyl (C=O) groups excluding carboxylic acids is 1. The van der Waals surface area contributed by atoms with Crippen molar-refractivity contribution in [2.24, 2.45) is 5.92 Å². The van der Waals surface area contributed by atoms with Gasteiger partial charge in [0.25, 0.3) is 5.91 Å². The molecule has 2 aromatic heterocycles. The Kier molecular flexibility index (Phi) is 5.83. The maximum atomic E-state index is 12.5. The molecule has 0 unspecified atom stereocenters. The van der Waals surface area contributed by atoms with Gasteiger partial charge in [-0.25, -0.2) is 4.98 Å². The van der Waals surface area contributed by atoms with Crippen molar-refractivity contribution in [3.05, 3.63) is 64.9 Å². The van der Waals surface area contributed by atoms with Gasteiger partial charge in [0, 0.05) is 18.1 Å². The Morgan fingerprint density at radius 2 is 2.00 bits per heavy atom. The summed E-state index contributed by atoms with van der Waals surface area (Å²) < 4.78 is 1.77. The van der Waals surface area contributed by atoms with Crippen molar-refractivity contribution in [1.29, 1.82) is 0 Å². The normalized spacial score (nSPS) is 15.6. The molecule has 0 atom stereocenters. The first-order valence-electron chi connectivity index (χ1n) is 9.70. The van der Waals surface area contributed by atoms with E-state index in [1.165, 1.54) is 24.2 Å². The number of aromatic nitrogens is 3. The molecule has 1 saturated heterocycles. The number of piperidine rings is 1. The molecular weight excluding hydrogens is 370 g/mol. The van der Waals surface area contributed by atoms with Crippen LogP contribution in [0.3, 0.4) is 0 Å². The van der Waals surface area contributed by atoms with Gasteiger partial charge in [0.15, 0.2) is 5.13 Å². The summed E-state index contributed by atoms with van der Waals surface area (Å²) >= 11 is 1.47. The number of hydrogen-bond donors (Lipinski definition) is 1. The summed E-state index contributed by atoms with van der Waals surface area (Å²) in [4.78, 5) is 19.5. The number of nitrogens with zero attached hydrogens (tertiary/aromatic N) is 4. The van der Waals surface area contributed by atoms with E-state index in [0.717, 1.165) is 36.8 Å². The second kappa shape index (κ2) is 8.67. The van der Waals surface area contributed by atoms with Crippen molar-refractivity contribution < 1.29 is 4.79 Å². The van der Waals surface area contributed by atoms with Crippen LogP contribution in [0.4, 0.5) is 5.13 Å². The molecule has 1 fully saturated rings. The van der Waals surface area contributed by atoms with Gasteiger partial charge in [0.1, 0.15) is 0 Å². The minimum Gasteiger partial charge on any atom is -0.298 e. The molecule has 4 rings (SSSR count). The van der Waals surface area contributed by atoms with Crippen LogP contribution in [0.2, 0.25) is 0 Å². The van der Waals surface area contributed by atoms with E-state index < -0.39 is 0 Å². The van der Waals surface area contributed by atoms with Crippen molar-refractivity contribution in [1.82, 2.24) is 19.7 Å². The molecule has 1 amide bonds. The predicted molar refractivity (Wildman–Crippen MR) is 112 cm³/mol. The molecule has 146 valence electrons. The van der Waals surface area contributed by atoms with E-state index in [0.29, 0.717) is 17.2 Å². The third kappa shape index (κ3) is 4.85. The number of carbonyl (C=O) groups is 1. The lowest BCUT2D eigenvalue weighted by Crippen LogP contribution is -2.32. The standard InChI is InChI=1S/C21H25N5OS/c1-16-7-9-25(10-8-16)14-19-15-28-21(23-19)24-20(27)18-11-22-26(13-18)12-17-5-3-2-4-6-17/h2-6,11,13,15-16H,7-10,12,14H2,1H3,(H,23,24,27). The lowest BCUT2D eigenvalue weighted by Gasteiger charge is -2.29. The minimum atomic E-state index is -0.174. The first-order chi connectivity index (χ1) is 13.7. The van der Waals surface area contributed by atoms with E-state index in [2.05, 4.69) is 27.2 Å². The molecule has 0 spiro atoms. The number of amides is 1. The van der Waals surface area contributed by atoms with Gasteiger partial charge in [-0.1, -0.05) is 37.3 Å². The fraction of sp³-hybridized carbons (Fsp3) is 0.381. The highest BCUT2D eigenvalue weighted by molar-refractivity contribution is 7.13. The Morgan fingerprint density at radius 3 is 2.79 bits per heavy atom. The number of anilines is 1. The highest BCUT2D eigenvalue weighted by Gasteiger charge is 2.17. The van der Waals surface area contributed by atoms with Gasteiger partial charge in [-0.2, -0.15) is 5.10 Å². The lowest BCUT2D eigenvalue weighted by molar-refractivity contribution is 0.102. The molecule has 1 aliphatic heterocycles. The molecule has 1 N–H and O–H groups in total. The molecular formula is C21H25N5OS. The van der Waals surface area contributed by atoms with Gasteiger partial charge < -0.3 is 0 Å². The largest absolute Gasteiger partial charge is 0.298 e. The average molecular weight is 396 g/mol. The molecule has 0 radical (unpaired) electrons. The summed E-state index contributed by atoms with van der Waals surface area (Å²) in [5.41, 5.74) is 2.71. The third-order valence-corrected chi connectivity index (χ3v) is 5.92. The third-order valence-electron chi connectivity index (χ3n) is 5.12. The summed E-state index contributed by atoms with van der Waals surface area (Å²) in [7, 11) is 0. The van der Waals surface area contributed by atoms with Crippen LogP contribution in [0.5, 0.6) is 0 Å². The fourth-order valence-corrected chi connectivity index (χ4v) is 4.09. The lowest BCUT2D eigenvalue weighted by atomic mass is 9.99. The molecule has 3 heterocycles. The predicted octanol–water partition coefficient (Wildman–Crippen LogP) is 3.87. The van der Waals surface area contributed by atoms with Gasteiger partial charge >= 0.3 is 0 Å². The Balaban J connectivity index is 1.32. The van der Waals surface area contributed by atoms with Gasteiger partial charge in [0.05, 0.1) is 24.0 Å². The molecule has 28 heavy (non-hydrogen) atoms. The quantitative estimate of drug-likeness (QED) is 0.688. The van der Waals surface area contributed by atoms with Crippen LogP contribution in [0.15, 0.2) is 48.1 Å². The van der Waals surface area contributed by atoms with Crippen LogP contribution >= 0.6 is 11.3 Å². The second-order valence-corrected chi connectivity index (χ2v) is 8.33. The van der Waals surface area contributed by atoms with E-state index in [1.807, 2.05) is 35.7 Å². The van der Waals surface area contributed by atoms with Gasteiger partial charge in [0.2, 0.25) is 0 Å². The van der Waals surface area contributed by atoms with Crippen molar-refractivity contribution in [2.75, 3.05) is 18.4 Å². The first-order valence-corrected chi connectivity index (χ1v) is 10.6. The highest BCUT2D eigenvalue weighted by Crippen LogP contribution is 2.21. The zero-order valence-electron chi connectivity index (χ0n) is 16.0. The molecule has 1 aliphatic rings. The number of benzene rings is 1. The van der Waals surface area contributed by atoms with E-state index in [1.54, 1.807) is 17.1 Å². The molecule has 6 nitrogen and oxygen atoms in total. The topological polar surface area (TPSA) is 63.1 Å². The average Bonchev–Trinajstić information content (AvgIpc) is 3.34. The number of likely N-dealkylation sites (tertiary alicyclic amines) is 1. The van der Waals surface area contributed by atoms with Crippen LogP contribution in [0.25, 0.3) is 0 Å². The Hall–Kier alpha value is -2.51.